The number of carbonyl (C=O) groups is 2. The molecule has 2 N–H and O–H groups in total. The van der Waals surface area contributed by atoms with Crippen LogP contribution in [0.3, 0.4) is 0 Å². The lowest BCUT2D eigenvalue weighted by molar-refractivity contribution is -0.152. The Morgan fingerprint density at radius 3 is 1.44 bits per heavy atom. The summed E-state index contributed by atoms with van der Waals surface area (Å²) in [5.41, 5.74) is 0. The molecule has 248 valence electrons. The summed E-state index contributed by atoms with van der Waals surface area (Å²) in [5.74, 6) is -0.650. The number of aliphatic hydroxyl groups excluding tert-OH is 2. The van der Waals surface area contributed by atoms with E-state index in [1.165, 1.54) is 51.4 Å². The third-order valence-electron chi connectivity index (χ3n) is 7.23. The van der Waals surface area contributed by atoms with Crippen molar-refractivity contribution in [3.05, 3.63) is 48.6 Å². The van der Waals surface area contributed by atoms with Gasteiger partial charge in [-0.2, -0.15) is 0 Å². The molecule has 0 heterocycles. The van der Waals surface area contributed by atoms with Crippen LogP contribution in [0.25, 0.3) is 0 Å². The highest BCUT2D eigenvalue weighted by Gasteiger charge is 2.12. The first-order valence-corrected chi connectivity index (χ1v) is 17.3. The molecule has 6 heteroatoms. The molecule has 0 aromatic heterocycles. The van der Waals surface area contributed by atoms with E-state index in [9.17, 15) is 19.8 Å². The molecule has 0 fully saturated rings. The van der Waals surface area contributed by atoms with E-state index in [4.69, 9.17) is 9.47 Å². The van der Waals surface area contributed by atoms with Gasteiger partial charge in [0.1, 0.15) is 19.3 Å². The zero-order valence-electron chi connectivity index (χ0n) is 27.6. The van der Waals surface area contributed by atoms with Gasteiger partial charge in [0.05, 0.1) is 6.10 Å². The fourth-order valence-corrected chi connectivity index (χ4v) is 4.41. The van der Waals surface area contributed by atoms with Crippen molar-refractivity contribution in [3.63, 3.8) is 0 Å². The van der Waals surface area contributed by atoms with Crippen LogP contribution >= 0.6 is 0 Å². The van der Waals surface area contributed by atoms with Crippen LogP contribution in [0.1, 0.15) is 149 Å². The number of aliphatic hydroxyl groups is 2. The lowest BCUT2D eigenvalue weighted by Gasteiger charge is -2.12. The minimum absolute atomic E-state index is 0.141. The maximum Gasteiger partial charge on any atom is 0.305 e. The molecular weight excluding hydrogens is 540 g/mol. The van der Waals surface area contributed by atoms with E-state index in [1.54, 1.807) is 0 Å². The second kappa shape index (κ2) is 32.7. The fourth-order valence-electron chi connectivity index (χ4n) is 4.41. The molecule has 0 saturated carbocycles. The molecule has 0 aromatic rings. The summed E-state index contributed by atoms with van der Waals surface area (Å²) in [7, 11) is 0. The number of hydrogen-bond donors (Lipinski definition) is 2. The van der Waals surface area contributed by atoms with Crippen LogP contribution in [0.5, 0.6) is 0 Å². The van der Waals surface area contributed by atoms with Gasteiger partial charge in [-0.3, -0.25) is 9.59 Å². The van der Waals surface area contributed by atoms with E-state index in [2.05, 4.69) is 55.5 Å². The second-order valence-electron chi connectivity index (χ2n) is 11.4. The zero-order chi connectivity index (χ0) is 31.6. The van der Waals surface area contributed by atoms with Gasteiger partial charge < -0.3 is 19.7 Å². The average Bonchev–Trinajstić information content (AvgIpc) is 3.01. The van der Waals surface area contributed by atoms with Gasteiger partial charge >= 0.3 is 11.9 Å². The van der Waals surface area contributed by atoms with E-state index >= 15 is 0 Å². The number of ether oxygens (including phenoxy) is 2. The van der Waals surface area contributed by atoms with Crippen LogP contribution in [0, 0.1) is 0 Å². The van der Waals surface area contributed by atoms with Crippen molar-refractivity contribution in [2.45, 2.75) is 161 Å². The minimum Gasteiger partial charge on any atom is -0.463 e. The number of rotatable bonds is 30. The van der Waals surface area contributed by atoms with Crippen molar-refractivity contribution in [2.75, 3.05) is 13.2 Å². The highest BCUT2D eigenvalue weighted by molar-refractivity contribution is 5.69. The highest BCUT2D eigenvalue weighted by Crippen LogP contribution is 2.12. The summed E-state index contributed by atoms with van der Waals surface area (Å²) in [6, 6.07) is 0. The van der Waals surface area contributed by atoms with Gasteiger partial charge in [-0.05, 0) is 57.8 Å². The number of hydrogen-bond acceptors (Lipinski definition) is 6. The second-order valence-corrected chi connectivity index (χ2v) is 11.4. The fraction of sp³-hybridized carbons (Fsp3) is 0.730. The molecule has 6 nitrogen and oxygen atoms in total. The molecule has 0 aliphatic rings. The lowest BCUT2D eigenvalue weighted by atomic mass is 10.1. The van der Waals surface area contributed by atoms with Crippen LogP contribution in [0.2, 0.25) is 0 Å². The molecular formula is C37H64O6. The topological polar surface area (TPSA) is 93.1 Å². The molecule has 0 aromatic carbocycles. The molecule has 0 unspecified atom stereocenters. The molecule has 43 heavy (non-hydrogen) atoms. The van der Waals surface area contributed by atoms with Crippen molar-refractivity contribution < 1.29 is 29.3 Å². The largest absolute Gasteiger partial charge is 0.463 e. The maximum atomic E-state index is 11.9. The zero-order valence-corrected chi connectivity index (χ0v) is 27.6. The van der Waals surface area contributed by atoms with Gasteiger partial charge in [-0.1, -0.05) is 127 Å². The van der Waals surface area contributed by atoms with Crippen molar-refractivity contribution in [1.82, 2.24) is 0 Å². The third kappa shape index (κ3) is 32.6. The quantitative estimate of drug-likeness (QED) is 0.0482. The molecule has 0 aliphatic heterocycles. The SMILES string of the molecule is CCCCCCCCCCCCCC(=O)OC[C@H](O)COC(=O)CCC/C=C\C/C=C\C/C=C\C/C=C\CC[C@@H](O)CC. The summed E-state index contributed by atoms with van der Waals surface area (Å²) in [4.78, 5) is 23.8. The van der Waals surface area contributed by atoms with Crippen LogP contribution < -0.4 is 0 Å². The number of unbranched alkanes of at least 4 members (excludes halogenated alkanes) is 11. The molecule has 2 atom stereocenters. The Kier molecular flexibility index (Phi) is 31.1. The van der Waals surface area contributed by atoms with E-state index in [0.29, 0.717) is 19.3 Å². The van der Waals surface area contributed by atoms with E-state index in [1.807, 2.05) is 6.92 Å². The average molecular weight is 605 g/mol. The van der Waals surface area contributed by atoms with Gasteiger partial charge in [0, 0.05) is 12.8 Å². The first-order valence-electron chi connectivity index (χ1n) is 17.3. The summed E-state index contributed by atoms with van der Waals surface area (Å²) >= 11 is 0. The Morgan fingerprint density at radius 1 is 0.535 bits per heavy atom. The number of allylic oxidation sites excluding steroid dienone is 8. The van der Waals surface area contributed by atoms with Gasteiger partial charge in [-0.15, -0.1) is 0 Å². The van der Waals surface area contributed by atoms with Crippen molar-refractivity contribution in [2.24, 2.45) is 0 Å². The predicted octanol–water partition coefficient (Wildman–Crippen LogP) is 9.25. The summed E-state index contributed by atoms with van der Waals surface area (Å²) < 4.78 is 10.2. The van der Waals surface area contributed by atoms with Crippen LogP contribution in [-0.4, -0.2) is 47.6 Å². The van der Waals surface area contributed by atoms with Crippen LogP contribution in [-0.2, 0) is 19.1 Å². The van der Waals surface area contributed by atoms with Gasteiger partial charge in [-0.25, -0.2) is 0 Å². The van der Waals surface area contributed by atoms with E-state index in [-0.39, 0.29) is 31.3 Å². The smallest absolute Gasteiger partial charge is 0.305 e. The first kappa shape index (κ1) is 40.8. The highest BCUT2D eigenvalue weighted by atomic mass is 16.6. The molecule has 0 rings (SSSR count). The van der Waals surface area contributed by atoms with E-state index in [0.717, 1.165) is 64.2 Å². The molecule has 0 radical (unpaired) electrons. The summed E-state index contributed by atoms with van der Waals surface area (Å²) in [5, 5.41) is 19.5. The molecule has 0 saturated heterocycles. The Hall–Kier alpha value is -2.18. The Morgan fingerprint density at radius 2 is 0.953 bits per heavy atom. The third-order valence-corrected chi connectivity index (χ3v) is 7.23. The number of esters is 2. The van der Waals surface area contributed by atoms with Gasteiger partial charge in [0.25, 0.3) is 0 Å². The monoisotopic (exact) mass is 604 g/mol. The lowest BCUT2D eigenvalue weighted by Crippen LogP contribution is -2.25. The number of carbonyl (C=O) groups excluding carboxylic acids is 2. The molecule has 0 bridgehead atoms. The first-order chi connectivity index (χ1) is 21.0. The summed E-state index contributed by atoms with van der Waals surface area (Å²) in [6.07, 6.45) is 36.8. The van der Waals surface area contributed by atoms with Gasteiger partial charge in [0.15, 0.2) is 0 Å². The Balaban J connectivity index is 3.59. The Bertz CT molecular complexity index is 754. The van der Waals surface area contributed by atoms with Crippen molar-refractivity contribution in [1.29, 1.82) is 0 Å². The maximum absolute atomic E-state index is 11.9. The summed E-state index contributed by atoms with van der Waals surface area (Å²) in [6.45, 7) is 3.95. The molecule has 0 aliphatic carbocycles. The van der Waals surface area contributed by atoms with Crippen LogP contribution in [0.4, 0.5) is 0 Å². The van der Waals surface area contributed by atoms with E-state index < -0.39 is 6.10 Å². The van der Waals surface area contributed by atoms with Gasteiger partial charge in [0.2, 0.25) is 0 Å². The predicted molar refractivity (Wildman–Crippen MR) is 179 cm³/mol. The van der Waals surface area contributed by atoms with Crippen molar-refractivity contribution >= 4 is 11.9 Å². The van der Waals surface area contributed by atoms with Crippen LogP contribution in [0.15, 0.2) is 48.6 Å². The molecule has 0 amide bonds. The Labute approximate surface area is 263 Å². The minimum atomic E-state index is -0.992. The normalized spacial score (nSPS) is 13.5. The molecule has 0 spiro atoms. The van der Waals surface area contributed by atoms with Crippen molar-refractivity contribution in [3.8, 4) is 0 Å². The standard InChI is InChI=1S/C37H64O6/c1-3-5-6-7-8-9-14-18-21-24-27-30-36(40)42-32-35(39)33-43-37(41)31-28-25-22-19-16-13-11-10-12-15-17-20-23-26-29-34(38)4-2/h11-13,15,19-20,22-23,34-35,38-39H,3-10,14,16-18,21,24-33H2,1-2H3/b13-11-,15-12-,22-19-,23-20-/t34-,35-/m0/s1.